The molecule has 0 bridgehead atoms. The van der Waals surface area contributed by atoms with Crippen molar-refractivity contribution in [3.8, 4) is 0 Å². The Morgan fingerprint density at radius 1 is 1.15 bits per heavy atom. The van der Waals surface area contributed by atoms with E-state index in [2.05, 4.69) is 15.5 Å². The Balaban J connectivity index is 1.34. The minimum Gasteiger partial charge on any atom is -0.342 e. The van der Waals surface area contributed by atoms with Crippen molar-refractivity contribution in [3.05, 3.63) is 39.3 Å². The van der Waals surface area contributed by atoms with Crippen LogP contribution in [0.15, 0.2) is 24.3 Å². The maximum Gasteiger partial charge on any atom is 0.286 e. The van der Waals surface area contributed by atoms with Crippen molar-refractivity contribution in [1.82, 2.24) is 15.1 Å². The highest BCUT2D eigenvalue weighted by atomic mass is 35.5. The molecule has 2 aliphatic rings. The van der Waals surface area contributed by atoms with Gasteiger partial charge in [-0.1, -0.05) is 35.4 Å². The average molecular weight is 405 g/mol. The summed E-state index contributed by atoms with van der Waals surface area (Å²) in [6.07, 6.45) is 5.02. The first-order valence-corrected chi connectivity index (χ1v) is 10.5. The molecule has 0 radical (unpaired) electrons. The molecule has 4 rings (SSSR count). The van der Waals surface area contributed by atoms with Gasteiger partial charge in [0, 0.05) is 35.6 Å². The van der Waals surface area contributed by atoms with Gasteiger partial charge in [0.05, 0.1) is 0 Å². The van der Waals surface area contributed by atoms with E-state index in [-0.39, 0.29) is 17.7 Å². The number of benzene rings is 1. The normalized spacial score (nSPS) is 18.2. The Hall–Kier alpha value is -1.99. The van der Waals surface area contributed by atoms with Gasteiger partial charge >= 0.3 is 0 Å². The Morgan fingerprint density at radius 2 is 1.93 bits per heavy atom. The van der Waals surface area contributed by atoms with Crippen LogP contribution >= 0.6 is 22.9 Å². The van der Waals surface area contributed by atoms with Crippen LogP contribution in [0.3, 0.4) is 0 Å². The summed E-state index contributed by atoms with van der Waals surface area (Å²) in [4.78, 5) is 26.7. The van der Waals surface area contributed by atoms with Crippen LogP contribution in [0.4, 0.5) is 5.69 Å². The zero-order valence-electron chi connectivity index (χ0n) is 14.9. The predicted molar refractivity (Wildman–Crippen MR) is 105 cm³/mol. The summed E-state index contributed by atoms with van der Waals surface area (Å²) in [5, 5.41) is 12.9. The van der Waals surface area contributed by atoms with E-state index in [9.17, 15) is 9.59 Å². The van der Waals surface area contributed by atoms with Crippen LogP contribution in [0.2, 0.25) is 5.02 Å². The van der Waals surface area contributed by atoms with Gasteiger partial charge in [-0.05, 0) is 43.9 Å². The molecule has 0 atom stereocenters. The Morgan fingerprint density at radius 3 is 2.59 bits per heavy atom. The van der Waals surface area contributed by atoms with E-state index in [1.54, 1.807) is 24.3 Å². The monoisotopic (exact) mass is 404 g/mol. The van der Waals surface area contributed by atoms with Gasteiger partial charge in [0.15, 0.2) is 0 Å². The van der Waals surface area contributed by atoms with Crippen molar-refractivity contribution < 1.29 is 9.59 Å². The van der Waals surface area contributed by atoms with E-state index < -0.39 is 0 Å². The fourth-order valence-electron chi connectivity index (χ4n) is 3.50. The third-order valence-corrected chi connectivity index (χ3v) is 6.65. The summed E-state index contributed by atoms with van der Waals surface area (Å²) >= 11 is 7.27. The molecule has 1 saturated heterocycles. The molecule has 0 spiro atoms. The largest absolute Gasteiger partial charge is 0.342 e. The number of carbonyl (C=O) groups is 2. The number of nitrogens with one attached hydrogen (secondary N) is 1. The van der Waals surface area contributed by atoms with Gasteiger partial charge in [-0.3, -0.25) is 9.59 Å². The molecule has 2 amide bonds. The molecule has 2 fully saturated rings. The average Bonchev–Trinajstić information content (AvgIpc) is 3.11. The third kappa shape index (κ3) is 4.14. The van der Waals surface area contributed by atoms with Gasteiger partial charge in [-0.25, -0.2) is 0 Å². The number of carbonyl (C=O) groups excluding carboxylic acids is 2. The van der Waals surface area contributed by atoms with Gasteiger partial charge in [0.1, 0.15) is 5.01 Å². The molecule has 0 unspecified atom stereocenters. The number of amides is 2. The van der Waals surface area contributed by atoms with E-state index in [0.717, 1.165) is 43.8 Å². The lowest BCUT2D eigenvalue weighted by atomic mass is 9.83. The number of hydrogen-bond donors (Lipinski definition) is 1. The minimum atomic E-state index is -0.279. The van der Waals surface area contributed by atoms with Gasteiger partial charge < -0.3 is 10.2 Å². The predicted octanol–water partition coefficient (Wildman–Crippen LogP) is 3.95. The maximum atomic E-state index is 12.4. The first kappa shape index (κ1) is 18.4. The van der Waals surface area contributed by atoms with Crippen LogP contribution in [0.5, 0.6) is 0 Å². The SMILES string of the molecule is O=C(Nc1cccc(Cl)c1)c1nnc(C2CCN(C(=O)C3CCC3)CC2)s1. The number of anilines is 1. The van der Waals surface area contributed by atoms with Gasteiger partial charge in [-0.15, -0.1) is 10.2 Å². The summed E-state index contributed by atoms with van der Waals surface area (Å²) < 4.78 is 0. The second-order valence-electron chi connectivity index (χ2n) is 7.14. The zero-order chi connectivity index (χ0) is 18.8. The van der Waals surface area contributed by atoms with Crippen LogP contribution in [0, 0.1) is 5.92 Å². The Kier molecular flexibility index (Phi) is 5.41. The summed E-state index contributed by atoms with van der Waals surface area (Å²) in [5.74, 6) is 0.558. The summed E-state index contributed by atoms with van der Waals surface area (Å²) in [7, 11) is 0. The number of nitrogens with zero attached hydrogens (tertiary/aromatic N) is 3. The number of aromatic nitrogens is 2. The smallest absolute Gasteiger partial charge is 0.286 e. The summed E-state index contributed by atoms with van der Waals surface area (Å²) in [6.45, 7) is 1.53. The highest BCUT2D eigenvalue weighted by molar-refractivity contribution is 7.13. The van der Waals surface area contributed by atoms with Crippen molar-refractivity contribution in [1.29, 1.82) is 0 Å². The minimum absolute atomic E-state index is 0.255. The molecule has 8 heteroatoms. The third-order valence-electron chi connectivity index (χ3n) is 5.33. The molecule has 1 aromatic carbocycles. The lowest BCUT2D eigenvalue weighted by molar-refractivity contribution is -0.139. The van der Waals surface area contributed by atoms with E-state index >= 15 is 0 Å². The number of hydrogen-bond acceptors (Lipinski definition) is 5. The Labute approximate surface area is 166 Å². The van der Waals surface area contributed by atoms with Crippen molar-refractivity contribution in [2.75, 3.05) is 18.4 Å². The highest BCUT2D eigenvalue weighted by Gasteiger charge is 2.32. The zero-order valence-corrected chi connectivity index (χ0v) is 16.4. The van der Waals surface area contributed by atoms with Gasteiger partial charge in [0.25, 0.3) is 5.91 Å². The number of halogens is 1. The summed E-state index contributed by atoms with van der Waals surface area (Å²) in [6, 6.07) is 7.00. The molecule has 1 N–H and O–H groups in total. The van der Waals surface area contributed by atoms with E-state index in [1.807, 2.05) is 4.90 Å². The lowest BCUT2D eigenvalue weighted by Crippen LogP contribution is -2.43. The number of piperidine rings is 1. The molecule has 1 aliphatic heterocycles. The highest BCUT2D eigenvalue weighted by Crippen LogP contribution is 2.33. The summed E-state index contributed by atoms with van der Waals surface area (Å²) in [5.41, 5.74) is 0.632. The fourth-order valence-corrected chi connectivity index (χ4v) is 4.60. The fraction of sp³-hybridized carbons (Fsp3) is 0.474. The number of rotatable bonds is 4. The van der Waals surface area contributed by atoms with Crippen molar-refractivity contribution >= 4 is 40.4 Å². The first-order chi connectivity index (χ1) is 13.1. The van der Waals surface area contributed by atoms with Crippen LogP contribution in [-0.2, 0) is 4.79 Å². The molecular formula is C19H21ClN4O2S. The quantitative estimate of drug-likeness (QED) is 0.837. The first-order valence-electron chi connectivity index (χ1n) is 9.29. The van der Waals surface area contributed by atoms with E-state index in [0.29, 0.717) is 21.6 Å². The number of likely N-dealkylation sites (tertiary alicyclic amines) is 1. The van der Waals surface area contributed by atoms with Crippen LogP contribution in [0.1, 0.15) is 52.8 Å². The topological polar surface area (TPSA) is 75.2 Å². The molecule has 27 heavy (non-hydrogen) atoms. The molecule has 2 aromatic rings. The van der Waals surface area contributed by atoms with Crippen molar-refractivity contribution in [3.63, 3.8) is 0 Å². The molecule has 1 aromatic heterocycles. The molecule has 6 nitrogen and oxygen atoms in total. The second kappa shape index (κ2) is 7.94. The van der Waals surface area contributed by atoms with Gasteiger partial charge in [-0.2, -0.15) is 0 Å². The molecule has 1 saturated carbocycles. The molecular weight excluding hydrogens is 384 g/mol. The Bertz CT molecular complexity index is 844. The maximum absolute atomic E-state index is 12.4. The van der Waals surface area contributed by atoms with Crippen molar-refractivity contribution in [2.45, 2.75) is 38.0 Å². The van der Waals surface area contributed by atoms with E-state index in [4.69, 9.17) is 11.6 Å². The lowest BCUT2D eigenvalue weighted by Gasteiger charge is -2.36. The van der Waals surface area contributed by atoms with E-state index in [1.165, 1.54) is 17.8 Å². The van der Waals surface area contributed by atoms with Crippen LogP contribution < -0.4 is 5.32 Å². The van der Waals surface area contributed by atoms with Gasteiger partial charge in [0.2, 0.25) is 10.9 Å². The second-order valence-corrected chi connectivity index (χ2v) is 8.58. The molecule has 142 valence electrons. The van der Waals surface area contributed by atoms with Crippen molar-refractivity contribution in [2.24, 2.45) is 5.92 Å². The molecule has 2 heterocycles. The standard InChI is InChI=1S/C19H21ClN4O2S/c20-14-5-2-6-15(11-14)21-16(25)18-23-22-17(27-18)12-7-9-24(10-8-12)19(26)13-3-1-4-13/h2,5-6,11-13H,1,3-4,7-10H2,(H,21,25). The van der Waals surface area contributed by atoms with Crippen LogP contribution in [0.25, 0.3) is 0 Å². The molecule has 1 aliphatic carbocycles. The van der Waals surface area contributed by atoms with Crippen LogP contribution in [-0.4, -0.2) is 40.0 Å².